The van der Waals surface area contributed by atoms with Crippen LogP contribution in [-0.4, -0.2) is 41.3 Å². The Morgan fingerprint density at radius 3 is 2.72 bits per heavy atom. The molecule has 0 aromatic carbocycles. The van der Waals surface area contributed by atoms with Gasteiger partial charge in [-0.1, -0.05) is 13.8 Å². The summed E-state index contributed by atoms with van der Waals surface area (Å²) >= 11 is 3.32. The van der Waals surface area contributed by atoms with Gasteiger partial charge in [0.25, 0.3) is 0 Å². The van der Waals surface area contributed by atoms with E-state index in [0.29, 0.717) is 5.92 Å². The summed E-state index contributed by atoms with van der Waals surface area (Å²) in [5, 5.41) is 7.94. The third-order valence-corrected chi connectivity index (χ3v) is 4.17. The molecule has 0 fully saturated rings. The summed E-state index contributed by atoms with van der Waals surface area (Å²) in [7, 11) is 5.80. The number of hydrogen-bond donors (Lipinski definition) is 1. The molecule has 2 heterocycles. The molecule has 0 saturated carbocycles. The molecule has 0 saturated heterocycles. The van der Waals surface area contributed by atoms with Crippen LogP contribution < -0.4 is 5.32 Å². The van der Waals surface area contributed by atoms with Gasteiger partial charge < -0.3 is 14.6 Å². The van der Waals surface area contributed by atoms with E-state index in [1.54, 1.807) is 7.05 Å². The molecule has 0 atom stereocenters. The van der Waals surface area contributed by atoms with Gasteiger partial charge >= 0.3 is 0 Å². The van der Waals surface area contributed by atoms with Gasteiger partial charge in [-0.2, -0.15) is 5.10 Å². The van der Waals surface area contributed by atoms with Crippen LogP contribution in [0, 0.1) is 0 Å². The van der Waals surface area contributed by atoms with Crippen molar-refractivity contribution in [1.82, 2.24) is 20.0 Å². The Labute approximate surface area is 175 Å². The minimum atomic E-state index is 0. The fourth-order valence-corrected chi connectivity index (χ4v) is 3.00. The summed E-state index contributed by atoms with van der Waals surface area (Å²) < 4.78 is 8.15. The first-order chi connectivity index (χ1) is 11.4. The van der Waals surface area contributed by atoms with Gasteiger partial charge in [-0.25, -0.2) is 0 Å². The zero-order chi connectivity index (χ0) is 17.7. The van der Waals surface area contributed by atoms with Gasteiger partial charge in [0.15, 0.2) is 10.6 Å². The number of aliphatic imine (C=N–C) groups is 1. The first kappa shape index (κ1) is 22.0. The highest BCUT2D eigenvalue weighted by Crippen LogP contribution is 2.18. The number of furan rings is 1. The van der Waals surface area contributed by atoms with Crippen LogP contribution in [0.15, 0.2) is 32.4 Å². The van der Waals surface area contributed by atoms with Gasteiger partial charge in [0, 0.05) is 52.4 Å². The molecule has 0 bridgehead atoms. The second-order valence-corrected chi connectivity index (χ2v) is 6.94. The van der Waals surface area contributed by atoms with Crippen LogP contribution in [-0.2, 0) is 20.0 Å². The first-order valence-electron chi connectivity index (χ1n) is 8.09. The van der Waals surface area contributed by atoms with Gasteiger partial charge in [-0.3, -0.25) is 9.67 Å². The number of nitrogens with zero attached hydrogens (tertiary/aromatic N) is 4. The molecule has 2 aromatic heterocycles. The fourth-order valence-electron chi connectivity index (χ4n) is 2.66. The lowest BCUT2D eigenvalue weighted by molar-refractivity contribution is 0.462. The van der Waals surface area contributed by atoms with E-state index in [0.717, 1.165) is 41.6 Å². The Kier molecular flexibility index (Phi) is 8.98. The van der Waals surface area contributed by atoms with Crippen molar-refractivity contribution in [3.8, 4) is 0 Å². The molecule has 0 amide bonds. The zero-order valence-corrected chi connectivity index (χ0v) is 19.3. The average molecular weight is 524 g/mol. The van der Waals surface area contributed by atoms with E-state index in [2.05, 4.69) is 56.3 Å². The highest BCUT2D eigenvalue weighted by molar-refractivity contribution is 14.0. The monoisotopic (exact) mass is 523 g/mol. The van der Waals surface area contributed by atoms with Crippen molar-refractivity contribution in [1.29, 1.82) is 0 Å². The highest BCUT2D eigenvalue weighted by Gasteiger charge is 2.15. The molecule has 1 N–H and O–H groups in total. The molecule has 2 aromatic rings. The Hall–Kier alpha value is -1.03. The van der Waals surface area contributed by atoms with E-state index in [1.165, 1.54) is 5.56 Å². The van der Waals surface area contributed by atoms with Crippen LogP contribution in [0.2, 0.25) is 0 Å². The number of aromatic nitrogens is 2. The van der Waals surface area contributed by atoms with E-state index in [1.807, 2.05) is 30.9 Å². The Morgan fingerprint density at radius 1 is 1.44 bits per heavy atom. The third-order valence-electron chi connectivity index (χ3n) is 3.75. The molecule has 0 radical (unpaired) electrons. The maximum Gasteiger partial charge on any atom is 0.193 e. The van der Waals surface area contributed by atoms with Crippen LogP contribution >= 0.6 is 39.9 Å². The van der Waals surface area contributed by atoms with Crippen molar-refractivity contribution in [2.75, 3.05) is 20.6 Å². The predicted octanol–water partition coefficient (Wildman–Crippen LogP) is 3.77. The smallest absolute Gasteiger partial charge is 0.193 e. The van der Waals surface area contributed by atoms with Gasteiger partial charge in [0.2, 0.25) is 0 Å². The molecule has 0 unspecified atom stereocenters. The van der Waals surface area contributed by atoms with Crippen molar-refractivity contribution < 1.29 is 4.42 Å². The average Bonchev–Trinajstić information content (AvgIpc) is 3.09. The second kappa shape index (κ2) is 10.2. The summed E-state index contributed by atoms with van der Waals surface area (Å²) in [6.45, 7) is 5.87. The van der Waals surface area contributed by atoms with Crippen LogP contribution in [0.4, 0.5) is 0 Å². The summed E-state index contributed by atoms with van der Waals surface area (Å²) in [6.07, 6.45) is 2.89. The van der Waals surface area contributed by atoms with E-state index in [-0.39, 0.29) is 24.0 Å². The van der Waals surface area contributed by atoms with Crippen molar-refractivity contribution in [2.45, 2.75) is 32.7 Å². The van der Waals surface area contributed by atoms with Gasteiger partial charge in [0.1, 0.15) is 5.76 Å². The quantitative estimate of drug-likeness (QED) is 0.356. The van der Waals surface area contributed by atoms with Crippen molar-refractivity contribution in [3.63, 3.8) is 0 Å². The Morgan fingerprint density at radius 2 is 2.16 bits per heavy atom. The first-order valence-corrected chi connectivity index (χ1v) is 8.88. The number of guanidine groups is 1. The molecule has 0 aliphatic heterocycles. The fraction of sp³-hybridized carbons (Fsp3) is 0.529. The zero-order valence-electron chi connectivity index (χ0n) is 15.4. The number of halogens is 2. The molecule has 0 aliphatic rings. The molecular weight excluding hydrogens is 497 g/mol. The largest absolute Gasteiger partial charge is 0.454 e. The molecule has 6 nitrogen and oxygen atoms in total. The third kappa shape index (κ3) is 6.32. The summed E-state index contributed by atoms with van der Waals surface area (Å²) in [5.74, 6) is 2.21. The van der Waals surface area contributed by atoms with Gasteiger partial charge in [-0.05, 0) is 34.0 Å². The summed E-state index contributed by atoms with van der Waals surface area (Å²) in [4.78, 5) is 6.48. The lowest BCUT2D eigenvalue weighted by Crippen LogP contribution is -2.39. The number of hydrogen-bond acceptors (Lipinski definition) is 3. The van der Waals surface area contributed by atoms with E-state index >= 15 is 0 Å². The number of aryl methyl sites for hydroxylation is 1. The lowest BCUT2D eigenvalue weighted by Gasteiger charge is -2.22. The minimum Gasteiger partial charge on any atom is -0.454 e. The normalized spacial score (nSPS) is 11.6. The van der Waals surface area contributed by atoms with Crippen LogP contribution in [0.1, 0.15) is 36.8 Å². The van der Waals surface area contributed by atoms with Crippen molar-refractivity contribution in [3.05, 3.63) is 40.0 Å². The lowest BCUT2D eigenvalue weighted by atomic mass is 10.1. The number of nitrogens with one attached hydrogen (secondary N) is 1. The molecule has 140 valence electrons. The van der Waals surface area contributed by atoms with Gasteiger partial charge in [0.05, 0.1) is 5.69 Å². The van der Waals surface area contributed by atoms with Crippen molar-refractivity contribution in [2.24, 2.45) is 12.0 Å². The molecule has 2 rings (SSSR count). The SMILES string of the molecule is CN=C(NCCc1ccc(Br)o1)N(C)Cc1cn(C)nc1C(C)C.I. The predicted molar refractivity (Wildman–Crippen MR) is 116 cm³/mol. The maximum atomic E-state index is 5.51. The number of rotatable bonds is 6. The van der Waals surface area contributed by atoms with E-state index in [4.69, 9.17) is 4.42 Å². The standard InChI is InChI=1S/C17H26BrN5O.HI/c1-12(2)16-13(11-23(5)21-16)10-22(4)17(19-3)20-9-8-14-6-7-15(18)24-14;/h6-7,11-12H,8-10H2,1-5H3,(H,19,20);1H. The van der Waals surface area contributed by atoms with Crippen molar-refractivity contribution >= 4 is 45.9 Å². The molecular formula is C17H27BrIN5O. The van der Waals surface area contributed by atoms with Crippen LogP contribution in [0.3, 0.4) is 0 Å². The molecule has 25 heavy (non-hydrogen) atoms. The van der Waals surface area contributed by atoms with Crippen LogP contribution in [0.25, 0.3) is 0 Å². The molecule has 0 spiro atoms. The topological polar surface area (TPSA) is 58.6 Å². The Bertz CT molecular complexity index is 695. The second-order valence-electron chi connectivity index (χ2n) is 6.15. The highest BCUT2D eigenvalue weighted by atomic mass is 127. The van der Waals surface area contributed by atoms with E-state index < -0.39 is 0 Å². The van der Waals surface area contributed by atoms with E-state index in [9.17, 15) is 0 Å². The van der Waals surface area contributed by atoms with Gasteiger partial charge in [-0.15, -0.1) is 24.0 Å². The molecule has 8 heteroatoms. The maximum absolute atomic E-state index is 5.51. The minimum absolute atomic E-state index is 0. The molecule has 0 aliphatic carbocycles. The van der Waals surface area contributed by atoms with Crippen LogP contribution in [0.5, 0.6) is 0 Å². The summed E-state index contributed by atoms with van der Waals surface area (Å²) in [6, 6.07) is 3.88. The Balaban J connectivity index is 0.00000312. The summed E-state index contributed by atoms with van der Waals surface area (Å²) in [5.41, 5.74) is 2.37.